The molecule has 0 unspecified atom stereocenters. The van der Waals surface area contributed by atoms with E-state index in [9.17, 15) is 9.59 Å². The fourth-order valence-corrected chi connectivity index (χ4v) is 4.78. The molecule has 0 spiro atoms. The van der Waals surface area contributed by atoms with Gasteiger partial charge in [-0.25, -0.2) is 4.79 Å². The van der Waals surface area contributed by atoms with Crippen molar-refractivity contribution in [1.82, 2.24) is 10.2 Å². The van der Waals surface area contributed by atoms with Gasteiger partial charge in [-0.3, -0.25) is 9.69 Å². The van der Waals surface area contributed by atoms with Gasteiger partial charge in [0.1, 0.15) is 11.8 Å². The van der Waals surface area contributed by atoms with Crippen LogP contribution in [0, 0.1) is 5.92 Å². The number of hydrogen-bond donors (Lipinski definition) is 1. The minimum absolute atomic E-state index is 0.0654. The molecule has 184 valence electrons. The van der Waals surface area contributed by atoms with Crippen LogP contribution in [0.1, 0.15) is 57.7 Å². The van der Waals surface area contributed by atoms with E-state index in [1.165, 1.54) is 12.7 Å². The second kappa shape index (κ2) is 11.6. The molecule has 3 rings (SSSR count). The maximum absolute atomic E-state index is 13.8. The molecule has 2 aromatic carbocycles. The summed E-state index contributed by atoms with van der Waals surface area (Å²) in [4.78, 5) is 28.4. The fraction of sp³-hybridized carbons (Fsp3) is 0.500. The van der Waals surface area contributed by atoms with Crippen molar-refractivity contribution < 1.29 is 19.1 Å². The Hall–Kier alpha value is -2.70. The molecule has 6 nitrogen and oxygen atoms in total. The van der Waals surface area contributed by atoms with E-state index >= 15 is 0 Å². The van der Waals surface area contributed by atoms with Crippen molar-refractivity contribution in [2.75, 3.05) is 13.7 Å². The zero-order valence-corrected chi connectivity index (χ0v) is 21.0. The van der Waals surface area contributed by atoms with Gasteiger partial charge in [-0.2, -0.15) is 0 Å². The van der Waals surface area contributed by atoms with Crippen LogP contribution in [0.25, 0.3) is 0 Å². The Morgan fingerprint density at radius 2 is 1.71 bits per heavy atom. The average molecular weight is 467 g/mol. The van der Waals surface area contributed by atoms with E-state index in [-0.39, 0.29) is 17.9 Å². The van der Waals surface area contributed by atoms with E-state index in [2.05, 4.69) is 34.5 Å². The third kappa shape index (κ3) is 6.45. The Morgan fingerprint density at radius 1 is 1.09 bits per heavy atom. The lowest BCUT2D eigenvalue weighted by molar-refractivity contribution is -0.148. The summed E-state index contributed by atoms with van der Waals surface area (Å²) >= 11 is 0. The van der Waals surface area contributed by atoms with Crippen LogP contribution in [-0.4, -0.2) is 48.3 Å². The molecule has 3 atom stereocenters. The highest BCUT2D eigenvalue weighted by molar-refractivity contribution is 5.87. The maximum Gasteiger partial charge on any atom is 0.328 e. The summed E-state index contributed by atoms with van der Waals surface area (Å²) in [7, 11) is 1.36. The smallest absolute Gasteiger partial charge is 0.328 e. The van der Waals surface area contributed by atoms with E-state index in [1.807, 2.05) is 64.1 Å². The topological polar surface area (TPSA) is 67.9 Å². The first-order valence-corrected chi connectivity index (χ1v) is 12.1. The zero-order chi connectivity index (χ0) is 24.7. The summed E-state index contributed by atoms with van der Waals surface area (Å²) in [6.07, 6.45) is 1.85. The lowest BCUT2D eigenvalue weighted by Crippen LogP contribution is -2.56. The fourth-order valence-electron chi connectivity index (χ4n) is 4.78. The number of aryl methyl sites for hydroxylation is 1. The monoisotopic (exact) mass is 466 g/mol. The number of carbonyl (C=O) groups is 2. The number of rotatable bonds is 10. The Balaban J connectivity index is 1.92. The van der Waals surface area contributed by atoms with Crippen molar-refractivity contribution >= 4 is 11.9 Å². The van der Waals surface area contributed by atoms with Crippen LogP contribution in [0.4, 0.5) is 0 Å². The quantitative estimate of drug-likeness (QED) is 0.522. The van der Waals surface area contributed by atoms with Gasteiger partial charge in [0.25, 0.3) is 0 Å². The number of nitrogens with one attached hydrogen (secondary N) is 1. The van der Waals surface area contributed by atoms with Crippen LogP contribution in [0.3, 0.4) is 0 Å². The van der Waals surface area contributed by atoms with Crippen molar-refractivity contribution in [3.05, 3.63) is 71.8 Å². The first-order chi connectivity index (χ1) is 16.2. The van der Waals surface area contributed by atoms with Crippen molar-refractivity contribution in [2.45, 2.75) is 70.8 Å². The molecule has 1 amide bonds. The van der Waals surface area contributed by atoms with Crippen LogP contribution in [-0.2, 0) is 25.5 Å². The molecule has 0 bridgehead atoms. The first-order valence-electron chi connectivity index (χ1n) is 12.1. The number of methoxy groups -OCH3 is 1. The van der Waals surface area contributed by atoms with Gasteiger partial charge in [-0.15, -0.1) is 0 Å². The van der Waals surface area contributed by atoms with E-state index in [1.54, 1.807) is 0 Å². The second-order valence-electron chi connectivity index (χ2n) is 9.85. The van der Waals surface area contributed by atoms with Crippen molar-refractivity contribution in [1.29, 1.82) is 0 Å². The van der Waals surface area contributed by atoms with Gasteiger partial charge < -0.3 is 14.8 Å². The molecule has 1 aliphatic rings. The molecule has 1 N–H and O–H groups in total. The predicted octanol–water partition coefficient (Wildman–Crippen LogP) is 4.50. The van der Waals surface area contributed by atoms with Gasteiger partial charge in [-0.05, 0) is 50.2 Å². The minimum atomic E-state index is -0.682. The highest BCUT2D eigenvalue weighted by Crippen LogP contribution is 2.39. The van der Waals surface area contributed by atoms with Gasteiger partial charge in [0.05, 0.1) is 25.8 Å². The van der Waals surface area contributed by atoms with Gasteiger partial charge in [0.2, 0.25) is 5.91 Å². The molecule has 1 aliphatic heterocycles. The summed E-state index contributed by atoms with van der Waals surface area (Å²) in [6.45, 7) is 8.56. The molecule has 0 saturated carbocycles. The van der Waals surface area contributed by atoms with Crippen LogP contribution in [0.5, 0.6) is 0 Å². The van der Waals surface area contributed by atoms with Crippen molar-refractivity contribution in [2.24, 2.45) is 5.92 Å². The summed E-state index contributed by atoms with van der Waals surface area (Å²) in [6, 6.07) is 19.1. The summed E-state index contributed by atoms with van der Waals surface area (Å²) in [5.74, 6) is -0.359. The largest absolute Gasteiger partial charge is 0.467 e. The van der Waals surface area contributed by atoms with Crippen LogP contribution >= 0.6 is 0 Å². The minimum Gasteiger partial charge on any atom is -0.467 e. The van der Waals surface area contributed by atoms with Crippen LogP contribution in [0.2, 0.25) is 0 Å². The molecule has 2 aromatic rings. The number of ether oxygens (including phenoxy) is 2. The lowest BCUT2D eigenvalue weighted by atomic mass is 9.96. The standard InChI is InChI=1S/C28H38N2O4/c1-20(2)18-23(27(32)33-5)29-26(31)24(17-16-21-12-8-6-9-13-21)30-25(19-34-28(30,3)4)22-14-10-7-11-15-22/h6-15,20,23-25H,16-19H2,1-5H3,(H,29,31)/t23-,24-,25+/m0/s1. The normalized spacial score (nSPS) is 19.5. The van der Waals surface area contributed by atoms with Gasteiger partial charge in [-0.1, -0.05) is 74.5 Å². The summed E-state index contributed by atoms with van der Waals surface area (Å²) < 4.78 is 11.2. The van der Waals surface area contributed by atoms with Crippen molar-refractivity contribution in [3.63, 3.8) is 0 Å². The SMILES string of the molecule is COC(=O)[C@H](CC(C)C)NC(=O)[C@H](CCc1ccccc1)N1[C@@H](c2ccccc2)COC1(C)C. The molecule has 0 radical (unpaired) electrons. The third-order valence-corrected chi connectivity index (χ3v) is 6.43. The van der Waals surface area contributed by atoms with E-state index in [4.69, 9.17) is 9.47 Å². The van der Waals surface area contributed by atoms with E-state index < -0.39 is 23.8 Å². The molecule has 6 heteroatoms. The molecule has 34 heavy (non-hydrogen) atoms. The number of carbonyl (C=O) groups excluding carboxylic acids is 2. The molecule has 0 aliphatic carbocycles. The molecule has 1 heterocycles. The molecule has 0 aromatic heterocycles. The van der Waals surface area contributed by atoms with Gasteiger partial charge >= 0.3 is 5.97 Å². The van der Waals surface area contributed by atoms with Gasteiger partial charge in [0.15, 0.2) is 0 Å². The Morgan fingerprint density at radius 3 is 2.29 bits per heavy atom. The molecule has 1 fully saturated rings. The number of esters is 1. The summed E-state index contributed by atoms with van der Waals surface area (Å²) in [5.41, 5.74) is 1.64. The number of hydrogen-bond acceptors (Lipinski definition) is 5. The zero-order valence-electron chi connectivity index (χ0n) is 21.0. The van der Waals surface area contributed by atoms with E-state index in [0.29, 0.717) is 19.4 Å². The lowest BCUT2D eigenvalue weighted by Gasteiger charge is -2.40. The number of amides is 1. The van der Waals surface area contributed by atoms with Crippen LogP contribution in [0.15, 0.2) is 60.7 Å². The van der Waals surface area contributed by atoms with Crippen molar-refractivity contribution in [3.8, 4) is 0 Å². The van der Waals surface area contributed by atoms with Gasteiger partial charge in [0, 0.05) is 0 Å². The molecular formula is C28H38N2O4. The van der Waals surface area contributed by atoms with Crippen LogP contribution < -0.4 is 5.32 Å². The Bertz CT molecular complexity index is 930. The maximum atomic E-state index is 13.8. The third-order valence-electron chi connectivity index (χ3n) is 6.43. The van der Waals surface area contributed by atoms with E-state index in [0.717, 1.165) is 12.0 Å². The Kier molecular flexibility index (Phi) is 8.86. The highest BCUT2D eigenvalue weighted by Gasteiger charge is 2.47. The second-order valence-corrected chi connectivity index (χ2v) is 9.85. The number of benzene rings is 2. The highest BCUT2D eigenvalue weighted by atomic mass is 16.5. The number of nitrogens with zero attached hydrogens (tertiary/aromatic N) is 1. The molecular weight excluding hydrogens is 428 g/mol. The Labute approximate surface area is 203 Å². The average Bonchev–Trinajstić information content (AvgIpc) is 3.14. The molecule has 1 saturated heterocycles. The predicted molar refractivity (Wildman–Crippen MR) is 133 cm³/mol. The first kappa shape index (κ1) is 25.9. The summed E-state index contributed by atoms with van der Waals surface area (Å²) in [5, 5.41) is 3.01.